The molecule has 1 atom stereocenters. The third-order valence-electron chi connectivity index (χ3n) is 4.98. The Morgan fingerprint density at radius 2 is 1.81 bits per heavy atom. The first-order valence-electron chi connectivity index (χ1n) is 8.74. The highest BCUT2D eigenvalue weighted by molar-refractivity contribution is 7.91. The van der Waals surface area contributed by atoms with Gasteiger partial charge in [0.25, 0.3) is 5.91 Å². The molecular formula is C19H23N3O4S. The van der Waals surface area contributed by atoms with Crippen LogP contribution in [0.4, 0.5) is 0 Å². The number of rotatable bonds is 3. The number of nitrogens with zero attached hydrogens (tertiary/aromatic N) is 2. The number of amides is 1. The quantitative estimate of drug-likeness (QED) is 0.860. The van der Waals surface area contributed by atoms with Gasteiger partial charge in [0.15, 0.2) is 9.84 Å². The number of aromatic amines is 1. The molecule has 1 aromatic heterocycles. The number of hydrogen-bond donors (Lipinski definition) is 1. The summed E-state index contributed by atoms with van der Waals surface area (Å²) in [5, 5.41) is 0. The SMILES string of the molecule is Cc1cc(C)c(-c2cc(C(=O)N(C)C3CCS(=O)(=O)C3)[nH]c(=O)n2)c(C)c1. The van der Waals surface area contributed by atoms with Gasteiger partial charge < -0.3 is 9.88 Å². The fourth-order valence-corrected chi connectivity index (χ4v) is 5.50. The largest absolute Gasteiger partial charge is 0.346 e. The monoisotopic (exact) mass is 389 g/mol. The second kappa shape index (κ2) is 6.92. The molecule has 1 aromatic carbocycles. The molecule has 0 saturated carbocycles. The molecule has 144 valence electrons. The lowest BCUT2D eigenvalue weighted by molar-refractivity contribution is 0.0741. The number of aryl methyl sites for hydroxylation is 3. The van der Waals surface area contributed by atoms with E-state index in [1.807, 2.05) is 32.9 Å². The van der Waals surface area contributed by atoms with E-state index in [9.17, 15) is 18.0 Å². The summed E-state index contributed by atoms with van der Waals surface area (Å²) < 4.78 is 23.4. The Hall–Kier alpha value is -2.48. The highest BCUT2D eigenvalue weighted by atomic mass is 32.2. The molecule has 1 N–H and O–H groups in total. The van der Waals surface area contributed by atoms with Crippen LogP contribution in [0.1, 0.15) is 33.6 Å². The summed E-state index contributed by atoms with van der Waals surface area (Å²) in [6.45, 7) is 5.87. The second-order valence-electron chi connectivity index (χ2n) is 7.23. The van der Waals surface area contributed by atoms with Gasteiger partial charge in [-0.25, -0.2) is 13.2 Å². The zero-order valence-corrected chi connectivity index (χ0v) is 16.7. The first kappa shape index (κ1) is 19.3. The van der Waals surface area contributed by atoms with Gasteiger partial charge in [-0.05, 0) is 44.4 Å². The van der Waals surface area contributed by atoms with E-state index in [1.165, 1.54) is 4.90 Å². The van der Waals surface area contributed by atoms with Crippen LogP contribution >= 0.6 is 0 Å². The molecule has 2 aromatic rings. The maximum Gasteiger partial charge on any atom is 0.346 e. The van der Waals surface area contributed by atoms with Gasteiger partial charge in [0, 0.05) is 18.7 Å². The summed E-state index contributed by atoms with van der Waals surface area (Å²) in [6.07, 6.45) is 0.406. The summed E-state index contributed by atoms with van der Waals surface area (Å²) >= 11 is 0. The van der Waals surface area contributed by atoms with E-state index in [-0.39, 0.29) is 23.2 Å². The van der Waals surface area contributed by atoms with Crippen molar-refractivity contribution in [2.75, 3.05) is 18.6 Å². The summed E-state index contributed by atoms with van der Waals surface area (Å²) in [6, 6.07) is 5.18. The maximum absolute atomic E-state index is 12.8. The second-order valence-corrected chi connectivity index (χ2v) is 9.46. The van der Waals surface area contributed by atoms with Crippen molar-refractivity contribution in [3.8, 4) is 11.3 Å². The van der Waals surface area contributed by atoms with Crippen molar-refractivity contribution in [1.29, 1.82) is 0 Å². The van der Waals surface area contributed by atoms with Crippen LogP contribution in [0, 0.1) is 20.8 Å². The van der Waals surface area contributed by atoms with Gasteiger partial charge in [-0.3, -0.25) is 4.79 Å². The van der Waals surface area contributed by atoms with Crippen molar-refractivity contribution in [2.24, 2.45) is 0 Å². The van der Waals surface area contributed by atoms with Crippen LogP contribution in [-0.2, 0) is 9.84 Å². The molecule has 1 fully saturated rings. The molecule has 1 aliphatic heterocycles. The molecule has 1 aliphatic rings. The molecule has 1 saturated heterocycles. The van der Waals surface area contributed by atoms with E-state index in [0.717, 1.165) is 22.3 Å². The number of hydrogen-bond acceptors (Lipinski definition) is 5. The number of sulfone groups is 1. The molecule has 0 radical (unpaired) electrons. The Morgan fingerprint density at radius 1 is 1.19 bits per heavy atom. The van der Waals surface area contributed by atoms with Crippen molar-refractivity contribution in [1.82, 2.24) is 14.9 Å². The molecule has 0 aliphatic carbocycles. The predicted molar refractivity (Wildman–Crippen MR) is 104 cm³/mol. The van der Waals surface area contributed by atoms with E-state index in [4.69, 9.17) is 0 Å². The Morgan fingerprint density at radius 3 is 2.37 bits per heavy atom. The fraction of sp³-hybridized carbons (Fsp3) is 0.421. The predicted octanol–water partition coefficient (Wildman–Crippen LogP) is 1.62. The van der Waals surface area contributed by atoms with Gasteiger partial charge in [0.2, 0.25) is 0 Å². The first-order chi connectivity index (χ1) is 12.6. The van der Waals surface area contributed by atoms with E-state index in [0.29, 0.717) is 12.1 Å². The molecule has 3 rings (SSSR count). The zero-order chi connectivity index (χ0) is 19.9. The van der Waals surface area contributed by atoms with Crippen LogP contribution in [0.5, 0.6) is 0 Å². The topological polar surface area (TPSA) is 100 Å². The number of carbonyl (C=O) groups is 1. The lowest BCUT2D eigenvalue weighted by Gasteiger charge is -2.23. The van der Waals surface area contributed by atoms with Gasteiger partial charge in [0.1, 0.15) is 5.69 Å². The molecule has 1 amide bonds. The highest BCUT2D eigenvalue weighted by Gasteiger charge is 2.33. The number of aromatic nitrogens is 2. The van der Waals surface area contributed by atoms with Crippen molar-refractivity contribution in [3.05, 3.63) is 51.1 Å². The number of benzene rings is 1. The Balaban J connectivity index is 1.99. The molecule has 2 heterocycles. The molecule has 8 heteroatoms. The Kier molecular flexibility index (Phi) is 4.94. The minimum atomic E-state index is -3.11. The van der Waals surface area contributed by atoms with E-state index < -0.39 is 21.4 Å². The van der Waals surface area contributed by atoms with Gasteiger partial charge in [-0.15, -0.1) is 0 Å². The lowest BCUT2D eigenvalue weighted by Crippen LogP contribution is -2.39. The zero-order valence-electron chi connectivity index (χ0n) is 15.9. The van der Waals surface area contributed by atoms with Crippen LogP contribution in [0.2, 0.25) is 0 Å². The summed E-state index contributed by atoms with van der Waals surface area (Å²) in [4.78, 5) is 32.9. The maximum atomic E-state index is 12.8. The minimum Gasteiger partial charge on any atom is -0.336 e. The van der Waals surface area contributed by atoms with Crippen LogP contribution in [0.3, 0.4) is 0 Å². The average Bonchev–Trinajstić information content (AvgIpc) is 2.92. The summed E-state index contributed by atoms with van der Waals surface area (Å²) in [7, 11) is -1.54. The van der Waals surface area contributed by atoms with Crippen molar-refractivity contribution >= 4 is 15.7 Å². The number of H-pyrrole nitrogens is 1. The van der Waals surface area contributed by atoms with Crippen molar-refractivity contribution < 1.29 is 13.2 Å². The third-order valence-corrected chi connectivity index (χ3v) is 6.74. The van der Waals surface area contributed by atoms with Crippen molar-refractivity contribution in [2.45, 2.75) is 33.2 Å². The number of carbonyl (C=O) groups excluding carboxylic acids is 1. The normalized spacial score (nSPS) is 18.4. The average molecular weight is 389 g/mol. The van der Waals surface area contributed by atoms with Gasteiger partial charge in [-0.1, -0.05) is 17.7 Å². The Bertz CT molecular complexity index is 1050. The lowest BCUT2D eigenvalue weighted by atomic mass is 9.97. The fourth-order valence-electron chi connectivity index (χ4n) is 3.72. The van der Waals surface area contributed by atoms with Gasteiger partial charge in [-0.2, -0.15) is 4.98 Å². The third kappa shape index (κ3) is 3.95. The molecule has 0 bridgehead atoms. The molecular weight excluding hydrogens is 366 g/mol. The molecule has 7 nitrogen and oxygen atoms in total. The standard InChI is InChI=1S/C19H23N3O4S/c1-11-7-12(2)17(13(3)8-11)15-9-16(21-19(24)20-15)18(23)22(4)14-5-6-27(25,26)10-14/h7-9,14H,5-6,10H2,1-4H3,(H,20,21,24). The molecule has 0 spiro atoms. The molecule has 27 heavy (non-hydrogen) atoms. The highest BCUT2D eigenvalue weighted by Crippen LogP contribution is 2.27. The van der Waals surface area contributed by atoms with Crippen LogP contribution < -0.4 is 5.69 Å². The van der Waals surface area contributed by atoms with Gasteiger partial charge >= 0.3 is 5.69 Å². The summed E-state index contributed by atoms with van der Waals surface area (Å²) in [5.74, 6) is -0.386. The summed E-state index contributed by atoms with van der Waals surface area (Å²) in [5.41, 5.74) is 3.81. The van der Waals surface area contributed by atoms with E-state index in [2.05, 4.69) is 9.97 Å². The Labute approximate surface area is 158 Å². The van der Waals surface area contributed by atoms with Crippen molar-refractivity contribution in [3.63, 3.8) is 0 Å². The van der Waals surface area contributed by atoms with E-state index >= 15 is 0 Å². The van der Waals surface area contributed by atoms with Crippen LogP contribution in [0.25, 0.3) is 11.3 Å². The van der Waals surface area contributed by atoms with Crippen LogP contribution in [-0.4, -0.2) is 53.8 Å². The number of nitrogens with one attached hydrogen (secondary N) is 1. The smallest absolute Gasteiger partial charge is 0.336 e. The minimum absolute atomic E-state index is 0.0480. The van der Waals surface area contributed by atoms with Crippen LogP contribution in [0.15, 0.2) is 23.0 Å². The van der Waals surface area contributed by atoms with E-state index in [1.54, 1.807) is 13.1 Å². The first-order valence-corrected chi connectivity index (χ1v) is 10.6. The molecule has 1 unspecified atom stereocenters. The van der Waals surface area contributed by atoms with Gasteiger partial charge in [0.05, 0.1) is 17.2 Å².